The van der Waals surface area contributed by atoms with Gasteiger partial charge in [-0.05, 0) is 73.2 Å². The number of ether oxygens (including phenoxy) is 1. The molecule has 6 nitrogen and oxygen atoms in total. The monoisotopic (exact) mass is 601 g/mol. The zero-order valence-corrected chi connectivity index (χ0v) is 23.5. The Morgan fingerprint density at radius 2 is 1.62 bits per heavy atom. The van der Waals surface area contributed by atoms with Crippen molar-refractivity contribution in [3.8, 4) is 11.4 Å². The van der Waals surface area contributed by atoms with Crippen molar-refractivity contribution in [2.24, 2.45) is 0 Å². The van der Waals surface area contributed by atoms with Crippen molar-refractivity contribution in [2.75, 3.05) is 6.61 Å². The molecule has 5 rings (SSSR count). The number of rotatable bonds is 8. The van der Waals surface area contributed by atoms with Gasteiger partial charge in [-0.1, -0.05) is 70.0 Å². The van der Waals surface area contributed by atoms with E-state index in [1.54, 1.807) is 39.8 Å². The Bertz CT molecular complexity index is 1660. The van der Waals surface area contributed by atoms with Crippen LogP contribution in [0.4, 0.5) is 0 Å². The molecular weight excluding hydrogens is 578 g/mol. The van der Waals surface area contributed by atoms with Crippen molar-refractivity contribution in [3.63, 3.8) is 0 Å². The predicted molar refractivity (Wildman–Crippen MR) is 157 cm³/mol. The smallest absolute Gasteiger partial charge is 0.266 e. The molecule has 39 heavy (non-hydrogen) atoms. The van der Waals surface area contributed by atoms with Gasteiger partial charge in [0.05, 0.1) is 22.6 Å². The van der Waals surface area contributed by atoms with Gasteiger partial charge in [-0.15, -0.1) is 0 Å². The number of para-hydroxylation sites is 1. The van der Waals surface area contributed by atoms with Crippen LogP contribution in [-0.4, -0.2) is 27.0 Å². The molecule has 0 bridgehead atoms. The first-order valence-electron chi connectivity index (χ1n) is 12.4. The van der Waals surface area contributed by atoms with Crippen LogP contribution in [0.15, 0.2) is 112 Å². The fourth-order valence-corrected chi connectivity index (χ4v) is 4.78. The van der Waals surface area contributed by atoms with Crippen molar-refractivity contribution in [1.29, 1.82) is 0 Å². The molecule has 0 N–H and O–H groups in total. The molecule has 0 aliphatic rings. The summed E-state index contributed by atoms with van der Waals surface area (Å²) >= 11 is 9.45. The van der Waals surface area contributed by atoms with Gasteiger partial charge in [0.2, 0.25) is 0 Å². The number of carbonyl (C=O) groups is 1. The summed E-state index contributed by atoms with van der Waals surface area (Å²) in [5.74, 6) is 0.749. The summed E-state index contributed by atoms with van der Waals surface area (Å²) in [5, 5.41) is 1.09. The summed E-state index contributed by atoms with van der Waals surface area (Å²) in [7, 11) is 0. The summed E-state index contributed by atoms with van der Waals surface area (Å²) in [5.41, 5.74) is 1.98. The lowest BCUT2D eigenvalue weighted by molar-refractivity contribution is -0.136. The molecule has 1 aromatic heterocycles. The molecule has 1 atom stereocenters. The van der Waals surface area contributed by atoms with Crippen LogP contribution in [0, 0.1) is 0 Å². The first-order chi connectivity index (χ1) is 18.9. The molecule has 0 saturated carbocycles. The Hall–Kier alpha value is -3.94. The molecule has 0 saturated heterocycles. The summed E-state index contributed by atoms with van der Waals surface area (Å²) in [6.45, 7) is 2.01. The Balaban J connectivity index is 1.58. The van der Waals surface area contributed by atoms with E-state index >= 15 is 0 Å². The average Bonchev–Trinajstić information content (AvgIpc) is 2.96. The minimum Gasteiger partial charge on any atom is -0.484 e. The zero-order chi connectivity index (χ0) is 27.4. The molecule has 0 radical (unpaired) electrons. The van der Waals surface area contributed by atoms with Gasteiger partial charge in [-0.2, -0.15) is 0 Å². The van der Waals surface area contributed by atoms with Crippen molar-refractivity contribution < 1.29 is 9.53 Å². The lowest BCUT2D eigenvalue weighted by atomic mass is 10.1. The molecule has 5 aromatic rings. The number of carbonyl (C=O) groups excluding carboxylic acids is 1. The molecule has 0 aliphatic heterocycles. The van der Waals surface area contributed by atoms with E-state index in [1.165, 1.54) is 0 Å². The van der Waals surface area contributed by atoms with Crippen molar-refractivity contribution in [3.05, 3.63) is 134 Å². The second-order valence-electron chi connectivity index (χ2n) is 9.03. The van der Waals surface area contributed by atoms with E-state index in [4.69, 9.17) is 21.3 Å². The molecule has 4 aromatic carbocycles. The molecule has 1 heterocycles. The number of fused-ring (bicyclic) bond motifs is 1. The van der Waals surface area contributed by atoms with E-state index in [9.17, 15) is 9.59 Å². The lowest BCUT2D eigenvalue weighted by Crippen LogP contribution is -2.39. The number of hydrogen-bond acceptors (Lipinski definition) is 4. The number of halogens is 2. The maximum absolute atomic E-state index is 13.8. The van der Waals surface area contributed by atoms with Gasteiger partial charge in [0.25, 0.3) is 11.5 Å². The van der Waals surface area contributed by atoms with Gasteiger partial charge in [0.15, 0.2) is 6.61 Å². The van der Waals surface area contributed by atoms with E-state index in [0.717, 1.165) is 10.0 Å². The van der Waals surface area contributed by atoms with Crippen LogP contribution < -0.4 is 10.3 Å². The maximum atomic E-state index is 13.8. The Labute approximate surface area is 239 Å². The highest BCUT2D eigenvalue weighted by atomic mass is 79.9. The third-order valence-corrected chi connectivity index (χ3v) is 7.20. The number of aromatic nitrogens is 2. The minimum atomic E-state index is -0.563. The molecular formula is C31H25BrClN3O3. The summed E-state index contributed by atoms with van der Waals surface area (Å²) < 4.78 is 8.29. The average molecular weight is 603 g/mol. The van der Waals surface area contributed by atoms with E-state index in [-0.39, 0.29) is 18.1 Å². The van der Waals surface area contributed by atoms with Gasteiger partial charge in [0, 0.05) is 16.0 Å². The maximum Gasteiger partial charge on any atom is 0.266 e. The lowest BCUT2D eigenvalue weighted by Gasteiger charge is -2.30. The van der Waals surface area contributed by atoms with Crippen molar-refractivity contribution in [1.82, 2.24) is 14.5 Å². The van der Waals surface area contributed by atoms with Crippen LogP contribution in [0.3, 0.4) is 0 Å². The van der Waals surface area contributed by atoms with Crippen LogP contribution in [0.25, 0.3) is 16.6 Å². The third kappa shape index (κ3) is 6.05. The highest BCUT2D eigenvalue weighted by Gasteiger charge is 2.27. The van der Waals surface area contributed by atoms with E-state index in [0.29, 0.717) is 39.7 Å². The first-order valence-corrected chi connectivity index (χ1v) is 13.6. The summed E-state index contributed by atoms with van der Waals surface area (Å²) in [6, 6.07) is 30.7. The molecule has 196 valence electrons. The SMILES string of the molecule is CC(c1nc2ccccc2c(=O)n1-c1ccc(Br)cc1)N(Cc1ccccc1)C(=O)COc1ccc(Cl)cc1. The molecule has 1 unspecified atom stereocenters. The number of hydrogen-bond donors (Lipinski definition) is 0. The molecule has 0 spiro atoms. The molecule has 1 amide bonds. The van der Waals surface area contributed by atoms with Crippen LogP contribution in [-0.2, 0) is 11.3 Å². The van der Waals surface area contributed by atoms with Crippen LogP contribution in [0.1, 0.15) is 24.4 Å². The van der Waals surface area contributed by atoms with Crippen LogP contribution >= 0.6 is 27.5 Å². The standard InChI is InChI=1S/C31H25BrClN3O3/c1-21(30-34-28-10-6-5-9-27(28)31(38)36(30)25-15-11-23(32)12-16-25)35(19-22-7-3-2-4-8-22)29(37)20-39-26-17-13-24(33)14-18-26/h2-18,21H,19-20H2,1H3. The highest BCUT2D eigenvalue weighted by molar-refractivity contribution is 9.10. The third-order valence-electron chi connectivity index (χ3n) is 6.42. The quantitative estimate of drug-likeness (QED) is 0.192. The Morgan fingerprint density at radius 1 is 0.949 bits per heavy atom. The predicted octanol–water partition coefficient (Wildman–Crippen LogP) is 6.97. The second kappa shape index (κ2) is 11.8. The zero-order valence-electron chi connectivity index (χ0n) is 21.1. The van der Waals surface area contributed by atoms with Crippen molar-refractivity contribution >= 4 is 44.3 Å². The Morgan fingerprint density at radius 3 is 2.33 bits per heavy atom. The largest absolute Gasteiger partial charge is 0.484 e. The van der Waals surface area contributed by atoms with Gasteiger partial charge >= 0.3 is 0 Å². The van der Waals surface area contributed by atoms with Crippen LogP contribution in [0.2, 0.25) is 5.02 Å². The van der Waals surface area contributed by atoms with E-state index in [2.05, 4.69) is 15.9 Å². The van der Waals surface area contributed by atoms with E-state index in [1.807, 2.05) is 79.7 Å². The molecule has 0 fully saturated rings. The molecule has 0 aliphatic carbocycles. The number of benzene rings is 4. The van der Waals surface area contributed by atoms with E-state index < -0.39 is 6.04 Å². The fourth-order valence-electron chi connectivity index (χ4n) is 4.39. The number of nitrogens with zero attached hydrogens (tertiary/aromatic N) is 3. The van der Waals surface area contributed by atoms with Crippen molar-refractivity contribution in [2.45, 2.75) is 19.5 Å². The minimum absolute atomic E-state index is 0.186. The topological polar surface area (TPSA) is 64.4 Å². The van der Waals surface area contributed by atoms with Gasteiger partial charge < -0.3 is 9.64 Å². The molecule has 8 heteroatoms. The normalized spacial score (nSPS) is 11.8. The first kappa shape index (κ1) is 26.7. The van der Waals surface area contributed by atoms with Gasteiger partial charge in [-0.25, -0.2) is 4.98 Å². The second-order valence-corrected chi connectivity index (χ2v) is 10.4. The highest BCUT2D eigenvalue weighted by Crippen LogP contribution is 2.26. The summed E-state index contributed by atoms with van der Waals surface area (Å²) in [4.78, 5) is 34.1. The Kier molecular flexibility index (Phi) is 8.10. The van der Waals surface area contributed by atoms with Gasteiger partial charge in [-0.3, -0.25) is 14.2 Å². The van der Waals surface area contributed by atoms with Gasteiger partial charge in [0.1, 0.15) is 11.6 Å². The summed E-state index contributed by atoms with van der Waals surface area (Å²) in [6.07, 6.45) is 0. The van der Waals surface area contributed by atoms with Crippen LogP contribution in [0.5, 0.6) is 5.75 Å². The fraction of sp³-hybridized carbons (Fsp3) is 0.129. The number of amides is 1.